The highest BCUT2D eigenvalue weighted by Crippen LogP contribution is 2.51. The Balaban J connectivity index is 1.65. The van der Waals surface area contributed by atoms with Gasteiger partial charge in [0, 0.05) is 24.6 Å². The van der Waals surface area contributed by atoms with Crippen molar-refractivity contribution in [1.29, 1.82) is 0 Å². The lowest BCUT2D eigenvalue weighted by Crippen LogP contribution is -2.42. The molecule has 2 aliphatic rings. The maximum Gasteiger partial charge on any atom is 0.413 e. The summed E-state index contributed by atoms with van der Waals surface area (Å²) in [5.41, 5.74) is 0.503. The van der Waals surface area contributed by atoms with E-state index in [9.17, 15) is 14.4 Å². The Hall–Kier alpha value is -2.14. The zero-order valence-corrected chi connectivity index (χ0v) is 13.3. The molecule has 2 aliphatic heterocycles. The predicted molar refractivity (Wildman–Crippen MR) is 84.9 cm³/mol. The van der Waals surface area contributed by atoms with Gasteiger partial charge in [-0.2, -0.15) is 0 Å². The number of anilines is 1. The molecule has 2 amide bonds. The van der Waals surface area contributed by atoms with Crippen LogP contribution in [0, 0.1) is 0 Å². The average molecular weight is 336 g/mol. The third-order valence-corrected chi connectivity index (χ3v) is 5.01. The Kier molecular flexibility index (Phi) is 4.48. The summed E-state index contributed by atoms with van der Waals surface area (Å²) in [5, 5.41) is 11.7. The van der Waals surface area contributed by atoms with E-state index in [1.807, 2.05) is 0 Å². The van der Waals surface area contributed by atoms with Crippen LogP contribution in [0.1, 0.15) is 23.2 Å². The Morgan fingerprint density at radius 3 is 2.78 bits per heavy atom. The number of carbonyl (C=O) groups excluding carboxylic acids is 2. The largest absolute Gasteiger partial charge is 0.478 e. The maximum absolute atomic E-state index is 12.4. The van der Waals surface area contributed by atoms with E-state index < -0.39 is 26.3 Å². The second kappa shape index (κ2) is 6.54. The van der Waals surface area contributed by atoms with Crippen LogP contribution >= 0.6 is 8.15 Å². The number of likely N-dealkylation sites (tertiary alicyclic amines) is 1. The molecule has 0 saturated carbocycles. The molecule has 1 aromatic carbocycles. The van der Waals surface area contributed by atoms with Gasteiger partial charge in [0.15, 0.2) is 0 Å². The van der Waals surface area contributed by atoms with Gasteiger partial charge in [0.05, 0.1) is 13.7 Å². The molecule has 0 aliphatic carbocycles. The van der Waals surface area contributed by atoms with Crippen molar-refractivity contribution >= 4 is 31.8 Å². The molecule has 0 unspecified atom stereocenters. The van der Waals surface area contributed by atoms with Crippen LogP contribution in [0.5, 0.6) is 0 Å². The number of carbonyl (C=O) groups is 3. The molecule has 0 spiro atoms. The average Bonchev–Trinajstić information content (AvgIpc) is 3.19. The molecule has 7 nitrogen and oxygen atoms in total. The third kappa shape index (κ3) is 3.79. The summed E-state index contributed by atoms with van der Waals surface area (Å²) in [6, 6.07) is 5.47. The number of hydrogen-bond acceptors (Lipinski definition) is 4. The summed E-state index contributed by atoms with van der Waals surface area (Å²) in [6.07, 6.45) is 2.82. The lowest BCUT2D eigenvalue weighted by Gasteiger charge is -2.23. The zero-order chi connectivity index (χ0) is 16.4. The first kappa shape index (κ1) is 15.7. The fraction of sp³-hybridized carbons (Fsp3) is 0.400. The van der Waals surface area contributed by atoms with Gasteiger partial charge in [0.1, 0.15) is 6.04 Å². The minimum Gasteiger partial charge on any atom is -0.478 e. The standard InChI is InChI=1S/C15H17N2O5P/c18-13(16-11-4-1-3-10(9-11)14(19)20)12-5-2-6-17(12)15(21)22-23-7-8-23/h1,3-4,9,12H,2,5-8H2,(H,16,18)(H,19,20)/t12-/m0/s1. The van der Waals surface area contributed by atoms with E-state index in [0.29, 0.717) is 18.7 Å². The van der Waals surface area contributed by atoms with Gasteiger partial charge in [-0.15, -0.1) is 0 Å². The van der Waals surface area contributed by atoms with Gasteiger partial charge < -0.3 is 14.9 Å². The van der Waals surface area contributed by atoms with E-state index in [1.165, 1.54) is 17.0 Å². The molecule has 2 fully saturated rings. The molecule has 1 aromatic rings. The SMILES string of the molecule is O=C(O)c1cccc(NC(=O)[C@@H]2CCCN2C(=O)OP2CC2)c1. The monoisotopic (exact) mass is 336 g/mol. The smallest absolute Gasteiger partial charge is 0.413 e. The molecule has 2 heterocycles. The van der Waals surface area contributed by atoms with Crippen molar-refractivity contribution in [2.75, 3.05) is 24.2 Å². The molecule has 8 heteroatoms. The molecular weight excluding hydrogens is 319 g/mol. The Morgan fingerprint density at radius 1 is 1.30 bits per heavy atom. The molecule has 2 saturated heterocycles. The van der Waals surface area contributed by atoms with Crippen LogP contribution in [0.2, 0.25) is 0 Å². The highest BCUT2D eigenvalue weighted by Gasteiger charge is 2.38. The van der Waals surface area contributed by atoms with Crippen LogP contribution in [-0.2, 0) is 9.32 Å². The lowest BCUT2D eigenvalue weighted by molar-refractivity contribution is -0.119. The van der Waals surface area contributed by atoms with Gasteiger partial charge in [-0.3, -0.25) is 9.69 Å². The summed E-state index contributed by atoms with van der Waals surface area (Å²) in [6.45, 7) is 0.509. The van der Waals surface area contributed by atoms with Crippen molar-refractivity contribution in [2.45, 2.75) is 18.9 Å². The highest BCUT2D eigenvalue weighted by atomic mass is 31.2. The van der Waals surface area contributed by atoms with Crippen molar-refractivity contribution in [1.82, 2.24) is 4.90 Å². The molecular formula is C15H17N2O5P. The van der Waals surface area contributed by atoms with Crippen LogP contribution in [-0.4, -0.2) is 52.9 Å². The summed E-state index contributed by atoms with van der Waals surface area (Å²) in [5.74, 6) is -1.37. The normalized spacial score (nSPS) is 20.2. The number of amides is 2. The number of nitrogens with one attached hydrogen (secondary N) is 1. The van der Waals surface area contributed by atoms with Crippen LogP contribution in [0.25, 0.3) is 0 Å². The minimum atomic E-state index is -1.06. The summed E-state index contributed by atoms with van der Waals surface area (Å²) < 4.78 is 5.32. The molecule has 0 bridgehead atoms. The van der Waals surface area contributed by atoms with Crippen LogP contribution in [0.3, 0.4) is 0 Å². The Morgan fingerprint density at radius 2 is 2.09 bits per heavy atom. The van der Waals surface area contributed by atoms with Crippen molar-refractivity contribution in [2.24, 2.45) is 0 Å². The Labute approximate surface area is 134 Å². The number of benzene rings is 1. The molecule has 23 heavy (non-hydrogen) atoms. The molecule has 0 radical (unpaired) electrons. The maximum atomic E-state index is 12.4. The van der Waals surface area contributed by atoms with Crippen molar-refractivity contribution < 1.29 is 24.0 Å². The third-order valence-electron chi connectivity index (χ3n) is 3.78. The van der Waals surface area contributed by atoms with Crippen LogP contribution < -0.4 is 5.32 Å². The van der Waals surface area contributed by atoms with Gasteiger partial charge in [-0.05, 0) is 31.0 Å². The fourth-order valence-electron chi connectivity index (χ4n) is 2.51. The molecule has 2 N–H and O–H groups in total. The second-order valence-electron chi connectivity index (χ2n) is 5.51. The number of carboxylic acids is 1. The van der Waals surface area contributed by atoms with Gasteiger partial charge in [-0.1, -0.05) is 6.07 Å². The summed E-state index contributed by atoms with van der Waals surface area (Å²) in [7, 11) is -0.592. The second-order valence-corrected chi connectivity index (χ2v) is 7.55. The van der Waals surface area contributed by atoms with E-state index in [0.717, 1.165) is 18.7 Å². The molecule has 1 atom stereocenters. The highest BCUT2D eigenvalue weighted by molar-refractivity contribution is 7.60. The van der Waals surface area contributed by atoms with Gasteiger partial charge in [0.25, 0.3) is 0 Å². The first-order chi connectivity index (χ1) is 11.0. The quantitative estimate of drug-likeness (QED) is 0.823. The predicted octanol–water partition coefficient (Wildman–Crippen LogP) is 2.33. The topological polar surface area (TPSA) is 95.9 Å². The molecule has 0 aromatic heterocycles. The first-order valence-corrected chi connectivity index (χ1v) is 9.05. The van der Waals surface area contributed by atoms with E-state index in [4.69, 9.17) is 9.63 Å². The van der Waals surface area contributed by atoms with E-state index >= 15 is 0 Å². The number of hydrogen-bond donors (Lipinski definition) is 2. The Bertz CT molecular complexity index is 647. The van der Waals surface area contributed by atoms with Gasteiger partial charge in [0.2, 0.25) is 5.91 Å². The van der Waals surface area contributed by atoms with E-state index in [2.05, 4.69) is 5.32 Å². The molecule has 122 valence electrons. The minimum absolute atomic E-state index is 0.0991. The fourth-order valence-corrected chi connectivity index (χ4v) is 3.34. The molecule has 3 rings (SSSR count). The van der Waals surface area contributed by atoms with Gasteiger partial charge >= 0.3 is 12.1 Å². The number of rotatable bonds is 4. The lowest BCUT2D eigenvalue weighted by atomic mass is 10.1. The van der Waals surface area contributed by atoms with Crippen LogP contribution in [0.4, 0.5) is 10.5 Å². The zero-order valence-electron chi connectivity index (χ0n) is 12.4. The summed E-state index contributed by atoms with van der Waals surface area (Å²) >= 11 is 0. The van der Waals surface area contributed by atoms with Crippen molar-refractivity contribution in [3.63, 3.8) is 0 Å². The first-order valence-electron chi connectivity index (χ1n) is 7.42. The number of nitrogens with zero attached hydrogens (tertiary/aromatic N) is 1. The number of aromatic carboxylic acids is 1. The van der Waals surface area contributed by atoms with Gasteiger partial charge in [-0.25, -0.2) is 9.59 Å². The van der Waals surface area contributed by atoms with Crippen molar-refractivity contribution in [3.8, 4) is 0 Å². The van der Waals surface area contributed by atoms with E-state index in [-0.39, 0.29) is 11.5 Å². The van der Waals surface area contributed by atoms with Crippen LogP contribution in [0.15, 0.2) is 24.3 Å². The van der Waals surface area contributed by atoms with E-state index in [1.54, 1.807) is 12.1 Å². The summed E-state index contributed by atoms with van der Waals surface area (Å²) in [4.78, 5) is 36.9. The van der Waals surface area contributed by atoms with Crippen molar-refractivity contribution in [3.05, 3.63) is 29.8 Å². The number of carboxylic acid groups (broad SMARTS) is 1.